The summed E-state index contributed by atoms with van der Waals surface area (Å²) >= 11 is 0. The predicted octanol–water partition coefficient (Wildman–Crippen LogP) is 0.399. The van der Waals surface area contributed by atoms with Gasteiger partial charge >= 0.3 is 0 Å². The quantitative estimate of drug-likeness (QED) is 0.605. The SMILES string of the molecule is CC1C(C)[C@@H](C)OC(CO)[C@H]1O. The average Bonchev–Trinajstić information content (AvgIpc) is 2.08. The third-order valence-corrected chi connectivity index (χ3v) is 3.06. The molecule has 0 spiro atoms. The summed E-state index contributed by atoms with van der Waals surface area (Å²) in [7, 11) is 0. The first-order valence-electron chi connectivity index (χ1n) is 4.52. The molecule has 0 aliphatic carbocycles. The number of aliphatic hydroxyl groups is 2. The van der Waals surface area contributed by atoms with E-state index in [0.717, 1.165) is 0 Å². The van der Waals surface area contributed by atoms with E-state index in [4.69, 9.17) is 9.84 Å². The minimum absolute atomic E-state index is 0.0947. The number of hydrogen-bond donors (Lipinski definition) is 2. The van der Waals surface area contributed by atoms with Crippen molar-refractivity contribution in [3.63, 3.8) is 0 Å². The van der Waals surface area contributed by atoms with Gasteiger partial charge in [0.05, 0.1) is 18.8 Å². The molecule has 0 aromatic rings. The van der Waals surface area contributed by atoms with Crippen LogP contribution in [0.4, 0.5) is 0 Å². The molecule has 2 N–H and O–H groups in total. The van der Waals surface area contributed by atoms with Crippen LogP contribution in [0.3, 0.4) is 0 Å². The van der Waals surface area contributed by atoms with Crippen molar-refractivity contribution in [1.82, 2.24) is 0 Å². The highest BCUT2D eigenvalue weighted by Crippen LogP contribution is 2.29. The summed E-state index contributed by atoms with van der Waals surface area (Å²) in [6, 6.07) is 0. The van der Waals surface area contributed by atoms with Crippen LogP contribution >= 0.6 is 0 Å². The van der Waals surface area contributed by atoms with Gasteiger partial charge in [0.2, 0.25) is 0 Å². The summed E-state index contributed by atoms with van der Waals surface area (Å²) in [5.41, 5.74) is 0. The molecule has 0 amide bonds. The van der Waals surface area contributed by atoms with Crippen LogP contribution in [0.2, 0.25) is 0 Å². The molecule has 1 rings (SSSR count). The summed E-state index contributed by atoms with van der Waals surface area (Å²) in [4.78, 5) is 0. The fourth-order valence-corrected chi connectivity index (χ4v) is 1.71. The molecule has 0 aromatic heterocycles. The zero-order chi connectivity index (χ0) is 9.30. The first-order valence-corrected chi connectivity index (χ1v) is 4.52. The molecule has 5 atom stereocenters. The monoisotopic (exact) mass is 174 g/mol. The Bertz CT molecular complexity index is 144. The fraction of sp³-hybridized carbons (Fsp3) is 1.00. The molecule has 3 nitrogen and oxygen atoms in total. The van der Waals surface area contributed by atoms with E-state index in [0.29, 0.717) is 5.92 Å². The molecule has 3 heteroatoms. The normalized spacial score (nSPS) is 49.2. The van der Waals surface area contributed by atoms with E-state index >= 15 is 0 Å². The van der Waals surface area contributed by atoms with Gasteiger partial charge < -0.3 is 14.9 Å². The van der Waals surface area contributed by atoms with Crippen molar-refractivity contribution in [2.45, 2.75) is 39.1 Å². The Morgan fingerprint density at radius 3 is 2.25 bits per heavy atom. The summed E-state index contributed by atoms with van der Waals surface area (Å²) in [5, 5.41) is 18.5. The first-order chi connectivity index (χ1) is 5.57. The molecule has 1 aliphatic heterocycles. The first kappa shape index (κ1) is 9.96. The smallest absolute Gasteiger partial charge is 0.107 e. The molecule has 72 valence electrons. The Morgan fingerprint density at radius 1 is 1.17 bits per heavy atom. The molecule has 1 saturated heterocycles. The van der Waals surface area contributed by atoms with Gasteiger partial charge in [0.25, 0.3) is 0 Å². The lowest BCUT2D eigenvalue weighted by molar-refractivity contribution is -0.174. The van der Waals surface area contributed by atoms with Gasteiger partial charge in [-0.3, -0.25) is 0 Å². The summed E-state index contributed by atoms with van der Waals surface area (Å²) in [5.74, 6) is 0.550. The highest BCUT2D eigenvalue weighted by Gasteiger charge is 2.37. The zero-order valence-electron chi connectivity index (χ0n) is 7.90. The van der Waals surface area contributed by atoms with Crippen LogP contribution in [0.5, 0.6) is 0 Å². The predicted molar refractivity (Wildman–Crippen MR) is 45.8 cm³/mol. The average molecular weight is 174 g/mol. The van der Waals surface area contributed by atoms with Crippen molar-refractivity contribution in [2.75, 3.05) is 6.61 Å². The second-order valence-electron chi connectivity index (χ2n) is 3.77. The molecule has 0 radical (unpaired) electrons. The van der Waals surface area contributed by atoms with Gasteiger partial charge in [0, 0.05) is 0 Å². The van der Waals surface area contributed by atoms with Crippen molar-refractivity contribution in [2.24, 2.45) is 11.8 Å². The van der Waals surface area contributed by atoms with E-state index < -0.39 is 12.2 Å². The summed E-state index contributed by atoms with van der Waals surface area (Å²) in [6.07, 6.45) is -0.798. The van der Waals surface area contributed by atoms with E-state index in [2.05, 4.69) is 6.92 Å². The Morgan fingerprint density at radius 2 is 1.75 bits per heavy atom. The molecule has 0 bridgehead atoms. The standard InChI is InChI=1S/C9H18O3/c1-5-6(2)9(11)8(4-10)12-7(5)3/h5-11H,4H2,1-3H3/t5?,6?,7-,8?,9+/m1/s1. The van der Waals surface area contributed by atoms with Crippen LogP contribution in [0.1, 0.15) is 20.8 Å². The molecular formula is C9H18O3. The van der Waals surface area contributed by atoms with Crippen molar-refractivity contribution >= 4 is 0 Å². The van der Waals surface area contributed by atoms with Gasteiger partial charge in [-0.15, -0.1) is 0 Å². The van der Waals surface area contributed by atoms with Gasteiger partial charge in [0.1, 0.15) is 6.10 Å². The number of ether oxygens (including phenoxy) is 1. The zero-order valence-corrected chi connectivity index (χ0v) is 7.90. The van der Waals surface area contributed by atoms with E-state index in [1.807, 2.05) is 13.8 Å². The van der Waals surface area contributed by atoms with Crippen LogP contribution in [0, 0.1) is 11.8 Å². The highest BCUT2D eigenvalue weighted by atomic mass is 16.5. The van der Waals surface area contributed by atoms with Crippen LogP contribution < -0.4 is 0 Å². The van der Waals surface area contributed by atoms with Crippen LogP contribution in [-0.4, -0.2) is 35.1 Å². The van der Waals surface area contributed by atoms with Gasteiger partial charge in [-0.2, -0.15) is 0 Å². The maximum atomic E-state index is 9.64. The lowest BCUT2D eigenvalue weighted by Crippen LogP contribution is -2.49. The minimum Gasteiger partial charge on any atom is -0.394 e. The van der Waals surface area contributed by atoms with Gasteiger partial charge in [0.15, 0.2) is 0 Å². The van der Waals surface area contributed by atoms with Crippen molar-refractivity contribution in [1.29, 1.82) is 0 Å². The number of hydrogen-bond acceptors (Lipinski definition) is 3. The maximum absolute atomic E-state index is 9.64. The summed E-state index contributed by atoms with van der Waals surface area (Å²) in [6.45, 7) is 5.95. The lowest BCUT2D eigenvalue weighted by Gasteiger charge is -2.40. The largest absolute Gasteiger partial charge is 0.394 e. The molecule has 0 aromatic carbocycles. The van der Waals surface area contributed by atoms with E-state index in [1.54, 1.807) is 0 Å². The molecule has 1 fully saturated rings. The molecule has 1 heterocycles. The van der Waals surface area contributed by atoms with Crippen molar-refractivity contribution < 1.29 is 14.9 Å². The van der Waals surface area contributed by atoms with Crippen molar-refractivity contribution in [3.05, 3.63) is 0 Å². The van der Waals surface area contributed by atoms with Gasteiger partial charge in [-0.25, -0.2) is 0 Å². The summed E-state index contributed by atoms with van der Waals surface area (Å²) < 4.78 is 5.43. The molecule has 3 unspecified atom stereocenters. The van der Waals surface area contributed by atoms with Crippen LogP contribution in [0.15, 0.2) is 0 Å². The van der Waals surface area contributed by atoms with Crippen LogP contribution in [-0.2, 0) is 4.74 Å². The van der Waals surface area contributed by atoms with Gasteiger partial charge in [-0.1, -0.05) is 13.8 Å². The third kappa shape index (κ3) is 1.63. The highest BCUT2D eigenvalue weighted by molar-refractivity contribution is 4.85. The second-order valence-corrected chi connectivity index (χ2v) is 3.77. The van der Waals surface area contributed by atoms with E-state index in [-0.39, 0.29) is 18.6 Å². The van der Waals surface area contributed by atoms with E-state index in [9.17, 15) is 5.11 Å². The molecule has 1 aliphatic rings. The second kappa shape index (κ2) is 3.73. The molecular weight excluding hydrogens is 156 g/mol. The Balaban J connectivity index is 2.63. The Hall–Kier alpha value is -0.120. The minimum atomic E-state index is -0.527. The maximum Gasteiger partial charge on any atom is 0.107 e. The fourth-order valence-electron chi connectivity index (χ4n) is 1.71. The number of rotatable bonds is 1. The lowest BCUT2D eigenvalue weighted by atomic mass is 9.82. The van der Waals surface area contributed by atoms with Crippen LogP contribution in [0.25, 0.3) is 0 Å². The number of aliphatic hydroxyl groups excluding tert-OH is 2. The van der Waals surface area contributed by atoms with Gasteiger partial charge in [-0.05, 0) is 18.8 Å². The molecule has 0 saturated carbocycles. The Kier molecular flexibility index (Phi) is 3.09. The third-order valence-electron chi connectivity index (χ3n) is 3.06. The Labute approximate surface area is 73.4 Å². The topological polar surface area (TPSA) is 49.7 Å². The van der Waals surface area contributed by atoms with E-state index in [1.165, 1.54) is 0 Å². The molecule has 12 heavy (non-hydrogen) atoms. The van der Waals surface area contributed by atoms with Crippen molar-refractivity contribution in [3.8, 4) is 0 Å².